The molecule has 7 nitrogen and oxygen atoms in total. The molecule has 0 amide bonds. The third kappa shape index (κ3) is 2.59. The summed E-state index contributed by atoms with van der Waals surface area (Å²) in [5, 5.41) is 9.29. The van der Waals surface area contributed by atoms with Crippen molar-refractivity contribution in [1.29, 1.82) is 0 Å². The van der Waals surface area contributed by atoms with Gasteiger partial charge in [-0.25, -0.2) is 19.6 Å². The molecule has 1 aliphatic carbocycles. The normalized spacial score (nSPS) is 18.2. The lowest BCUT2D eigenvalue weighted by molar-refractivity contribution is 0.441. The second-order valence-electron chi connectivity index (χ2n) is 7.41. The van der Waals surface area contributed by atoms with Gasteiger partial charge in [0.1, 0.15) is 22.8 Å². The van der Waals surface area contributed by atoms with Crippen LogP contribution in [0.5, 0.6) is 0 Å². The second-order valence-corrected chi connectivity index (χ2v) is 8.50. The van der Waals surface area contributed by atoms with E-state index in [0.717, 1.165) is 60.1 Å². The van der Waals surface area contributed by atoms with Crippen LogP contribution in [0, 0.1) is 0 Å². The van der Waals surface area contributed by atoms with Crippen molar-refractivity contribution in [3.05, 3.63) is 47.1 Å². The fraction of sp³-hybridized carbons (Fsp3) is 0.350. The standard InChI is InChI=1S/C20H19N7S/c1-4-14-15(5-1)28-20-17(14)19(25-18(26-20)12-3-2-8-21-9-12)24-13-6-7-16-22-11-23-27(16)10-13/h2-3,8-9,11,13H,1,4-7,10H2,(H,24,25,26). The molecule has 1 aliphatic heterocycles. The number of pyridine rings is 1. The fourth-order valence-electron chi connectivity index (χ4n) is 4.27. The molecule has 4 aromatic rings. The van der Waals surface area contributed by atoms with Crippen molar-refractivity contribution in [3.8, 4) is 11.4 Å². The van der Waals surface area contributed by atoms with Crippen LogP contribution in [0.4, 0.5) is 5.82 Å². The van der Waals surface area contributed by atoms with Crippen LogP contribution in [-0.4, -0.2) is 35.8 Å². The van der Waals surface area contributed by atoms with Crippen molar-refractivity contribution in [2.75, 3.05) is 5.32 Å². The topological polar surface area (TPSA) is 81.4 Å². The van der Waals surface area contributed by atoms with Gasteiger partial charge in [0.15, 0.2) is 5.82 Å². The maximum atomic E-state index is 4.96. The zero-order chi connectivity index (χ0) is 18.5. The highest BCUT2D eigenvalue weighted by Crippen LogP contribution is 2.40. The van der Waals surface area contributed by atoms with Gasteiger partial charge in [-0.3, -0.25) is 4.98 Å². The molecule has 28 heavy (non-hydrogen) atoms. The van der Waals surface area contributed by atoms with E-state index in [0.29, 0.717) is 0 Å². The Morgan fingerprint density at radius 2 is 2.18 bits per heavy atom. The van der Waals surface area contributed by atoms with E-state index in [2.05, 4.69) is 20.4 Å². The molecule has 0 saturated carbocycles. The molecule has 0 fully saturated rings. The number of anilines is 1. The summed E-state index contributed by atoms with van der Waals surface area (Å²) in [6.45, 7) is 0.815. The molecule has 2 aliphatic rings. The lowest BCUT2D eigenvalue weighted by Gasteiger charge is -2.24. The molecule has 0 saturated heterocycles. The molecule has 0 aromatic carbocycles. The Morgan fingerprint density at radius 3 is 3.11 bits per heavy atom. The third-order valence-electron chi connectivity index (χ3n) is 5.63. The first-order valence-corrected chi connectivity index (χ1v) is 10.5. The number of hydrogen-bond acceptors (Lipinski definition) is 7. The predicted molar refractivity (Wildman–Crippen MR) is 108 cm³/mol. The van der Waals surface area contributed by atoms with E-state index in [1.54, 1.807) is 12.5 Å². The highest BCUT2D eigenvalue weighted by molar-refractivity contribution is 7.19. The number of fused-ring (bicyclic) bond motifs is 4. The molecule has 1 N–H and O–H groups in total. The number of rotatable bonds is 3. The summed E-state index contributed by atoms with van der Waals surface area (Å²) in [5.74, 6) is 2.76. The van der Waals surface area contributed by atoms with Crippen LogP contribution in [0.1, 0.15) is 29.1 Å². The molecule has 6 rings (SSSR count). The summed E-state index contributed by atoms with van der Waals surface area (Å²) in [5.41, 5.74) is 2.39. The number of aryl methyl sites for hydroxylation is 3. The van der Waals surface area contributed by atoms with Gasteiger partial charge >= 0.3 is 0 Å². The Kier molecular flexibility index (Phi) is 3.65. The van der Waals surface area contributed by atoms with Gasteiger partial charge in [0.05, 0.1) is 11.9 Å². The van der Waals surface area contributed by atoms with Crippen molar-refractivity contribution in [3.63, 3.8) is 0 Å². The maximum Gasteiger partial charge on any atom is 0.164 e. The quantitative estimate of drug-likeness (QED) is 0.579. The van der Waals surface area contributed by atoms with Crippen molar-refractivity contribution in [2.45, 2.75) is 44.7 Å². The predicted octanol–water partition coefficient (Wildman–Crippen LogP) is 3.26. The van der Waals surface area contributed by atoms with Crippen molar-refractivity contribution in [1.82, 2.24) is 29.7 Å². The first-order valence-electron chi connectivity index (χ1n) is 9.71. The van der Waals surface area contributed by atoms with Crippen LogP contribution in [0.3, 0.4) is 0 Å². The average Bonchev–Trinajstić information content (AvgIpc) is 3.43. The van der Waals surface area contributed by atoms with Crippen LogP contribution in [-0.2, 0) is 25.8 Å². The summed E-state index contributed by atoms with van der Waals surface area (Å²) in [6, 6.07) is 4.23. The van der Waals surface area contributed by atoms with Gasteiger partial charge in [-0.15, -0.1) is 11.3 Å². The first-order chi connectivity index (χ1) is 13.8. The van der Waals surface area contributed by atoms with Crippen molar-refractivity contribution >= 4 is 27.4 Å². The molecule has 5 heterocycles. The molecule has 140 valence electrons. The Hall–Kier alpha value is -2.87. The lowest BCUT2D eigenvalue weighted by atomic mass is 10.1. The van der Waals surface area contributed by atoms with E-state index < -0.39 is 0 Å². The Balaban J connectivity index is 1.44. The molecule has 0 spiro atoms. The molecular weight excluding hydrogens is 370 g/mol. The smallest absolute Gasteiger partial charge is 0.164 e. The van der Waals surface area contributed by atoms with Crippen molar-refractivity contribution in [2.24, 2.45) is 0 Å². The maximum absolute atomic E-state index is 4.96. The second kappa shape index (κ2) is 6.34. The number of nitrogens with one attached hydrogen (secondary N) is 1. The van der Waals surface area contributed by atoms with Crippen LogP contribution < -0.4 is 5.32 Å². The SMILES string of the molecule is c1cncc(-c2nc(NC3CCc4ncnn4C3)c3c4c(sc3n2)CCC4)c1. The number of nitrogens with zero attached hydrogens (tertiary/aromatic N) is 6. The van der Waals surface area contributed by atoms with Crippen LogP contribution in [0.25, 0.3) is 21.6 Å². The summed E-state index contributed by atoms with van der Waals surface area (Å²) in [7, 11) is 0. The summed E-state index contributed by atoms with van der Waals surface area (Å²) >= 11 is 1.82. The minimum absolute atomic E-state index is 0.283. The molecule has 0 radical (unpaired) electrons. The van der Waals surface area contributed by atoms with E-state index in [1.807, 2.05) is 34.3 Å². The number of hydrogen-bond donors (Lipinski definition) is 1. The van der Waals surface area contributed by atoms with E-state index >= 15 is 0 Å². The van der Waals surface area contributed by atoms with Gasteiger partial charge < -0.3 is 5.32 Å². The molecule has 0 bridgehead atoms. The Labute approximate surface area is 165 Å². The monoisotopic (exact) mass is 389 g/mol. The van der Waals surface area contributed by atoms with Crippen LogP contribution >= 0.6 is 11.3 Å². The number of thiophene rings is 1. The van der Waals surface area contributed by atoms with E-state index in [1.165, 1.54) is 22.2 Å². The zero-order valence-electron chi connectivity index (χ0n) is 15.3. The summed E-state index contributed by atoms with van der Waals surface area (Å²) in [6.07, 6.45) is 10.7. The minimum Gasteiger partial charge on any atom is -0.365 e. The first kappa shape index (κ1) is 16.1. The Bertz CT molecular complexity index is 1160. The highest BCUT2D eigenvalue weighted by Gasteiger charge is 2.25. The minimum atomic E-state index is 0.283. The lowest BCUT2D eigenvalue weighted by Crippen LogP contribution is -2.32. The summed E-state index contributed by atoms with van der Waals surface area (Å²) < 4.78 is 2.00. The zero-order valence-corrected chi connectivity index (χ0v) is 16.1. The fourth-order valence-corrected chi connectivity index (χ4v) is 5.53. The summed E-state index contributed by atoms with van der Waals surface area (Å²) in [4.78, 5) is 21.0. The van der Waals surface area contributed by atoms with E-state index in [-0.39, 0.29) is 6.04 Å². The Morgan fingerprint density at radius 1 is 1.18 bits per heavy atom. The highest BCUT2D eigenvalue weighted by atomic mass is 32.1. The van der Waals surface area contributed by atoms with E-state index in [4.69, 9.17) is 9.97 Å². The van der Waals surface area contributed by atoms with E-state index in [9.17, 15) is 0 Å². The molecule has 1 atom stereocenters. The molecular formula is C20H19N7S. The van der Waals surface area contributed by atoms with Gasteiger partial charge in [0.25, 0.3) is 0 Å². The average molecular weight is 389 g/mol. The van der Waals surface area contributed by atoms with Gasteiger partial charge in [-0.05, 0) is 43.4 Å². The van der Waals surface area contributed by atoms with Gasteiger partial charge in [0, 0.05) is 35.3 Å². The molecule has 8 heteroatoms. The van der Waals surface area contributed by atoms with Gasteiger partial charge in [-0.2, -0.15) is 5.10 Å². The third-order valence-corrected chi connectivity index (χ3v) is 6.82. The van der Waals surface area contributed by atoms with Gasteiger partial charge in [0.2, 0.25) is 0 Å². The van der Waals surface area contributed by atoms with Crippen LogP contribution in [0.2, 0.25) is 0 Å². The largest absolute Gasteiger partial charge is 0.365 e. The van der Waals surface area contributed by atoms with Gasteiger partial charge in [-0.1, -0.05) is 0 Å². The molecule has 4 aromatic heterocycles. The molecule has 1 unspecified atom stereocenters. The van der Waals surface area contributed by atoms with Crippen LogP contribution in [0.15, 0.2) is 30.9 Å². The number of aromatic nitrogens is 6. The van der Waals surface area contributed by atoms with Crippen molar-refractivity contribution < 1.29 is 0 Å².